The molecule has 4 rings (SSSR count). The standard InChI is InChI=1S/C24H29N5O3S/c1-15(2)19-14-33-21(26-19)7-5-16-9-11-29-20(12-16)27-23(28-10-3-4-17(25)13-28)18(24(29)32)6-8-22(30)31/h6,8-9,11-12,14-15,17H,3-5,7,10,13,25H2,1-2H3,(H,30,31)/b8-6+. The van der Waals surface area contributed by atoms with E-state index < -0.39 is 5.97 Å². The Morgan fingerprint density at radius 1 is 1.36 bits per heavy atom. The van der Waals surface area contributed by atoms with Crippen molar-refractivity contribution in [1.82, 2.24) is 14.4 Å². The van der Waals surface area contributed by atoms with Gasteiger partial charge in [-0.25, -0.2) is 14.8 Å². The van der Waals surface area contributed by atoms with Gasteiger partial charge in [-0.05, 0) is 49.0 Å². The predicted molar refractivity (Wildman–Crippen MR) is 131 cm³/mol. The number of carbonyl (C=O) groups is 1. The third-order valence-electron chi connectivity index (χ3n) is 5.85. The van der Waals surface area contributed by atoms with Crippen LogP contribution in [0, 0.1) is 0 Å². The molecular weight excluding hydrogens is 438 g/mol. The van der Waals surface area contributed by atoms with Crippen LogP contribution in [-0.4, -0.2) is 44.6 Å². The maximum absolute atomic E-state index is 13.3. The molecule has 1 saturated heterocycles. The Labute approximate surface area is 196 Å². The maximum Gasteiger partial charge on any atom is 0.328 e. The van der Waals surface area contributed by atoms with Crippen molar-refractivity contribution in [1.29, 1.82) is 0 Å². The molecule has 0 aliphatic carbocycles. The number of aliphatic carboxylic acids is 1. The summed E-state index contributed by atoms with van der Waals surface area (Å²) in [6.45, 7) is 5.58. The summed E-state index contributed by atoms with van der Waals surface area (Å²) in [4.78, 5) is 35.8. The first-order chi connectivity index (χ1) is 15.8. The largest absolute Gasteiger partial charge is 0.478 e. The van der Waals surface area contributed by atoms with Crippen molar-refractivity contribution in [2.24, 2.45) is 5.73 Å². The molecule has 4 heterocycles. The van der Waals surface area contributed by atoms with Gasteiger partial charge >= 0.3 is 5.97 Å². The molecule has 3 aromatic heterocycles. The zero-order valence-electron chi connectivity index (χ0n) is 18.9. The molecule has 0 spiro atoms. The van der Waals surface area contributed by atoms with Gasteiger partial charge in [-0.15, -0.1) is 11.3 Å². The Kier molecular flexibility index (Phi) is 6.90. The number of fused-ring (bicyclic) bond motifs is 1. The van der Waals surface area contributed by atoms with E-state index in [2.05, 4.69) is 19.2 Å². The van der Waals surface area contributed by atoms with Crippen molar-refractivity contribution in [2.75, 3.05) is 18.0 Å². The molecular formula is C24H29N5O3S. The van der Waals surface area contributed by atoms with E-state index in [0.29, 0.717) is 23.9 Å². The minimum atomic E-state index is -1.11. The highest BCUT2D eigenvalue weighted by atomic mass is 32.1. The number of carboxylic acids is 1. The summed E-state index contributed by atoms with van der Waals surface area (Å²) in [5.41, 5.74) is 8.86. The second-order valence-electron chi connectivity index (χ2n) is 8.76. The number of carboxylic acid groups (broad SMARTS) is 1. The van der Waals surface area contributed by atoms with Gasteiger partial charge in [-0.3, -0.25) is 9.20 Å². The molecule has 3 aromatic rings. The third kappa shape index (κ3) is 5.31. The molecule has 0 aromatic carbocycles. The van der Waals surface area contributed by atoms with Gasteiger partial charge in [0.15, 0.2) is 0 Å². The monoisotopic (exact) mass is 467 g/mol. The molecule has 1 aliphatic rings. The van der Waals surface area contributed by atoms with Crippen molar-refractivity contribution in [3.63, 3.8) is 0 Å². The van der Waals surface area contributed by atoms with Crippen LogP contribution in [0.25, 0.3) is 11.7 Å². The van der Waals surface area contributed by atoms with Crippen LogP contribution in [-0.2, 0) is 17.6 Å². The number of hydrogen-bond donors (Lipinski definition) is 2. The van der Waals surface area contributed by atoms with Gasteiger partial charge in [0.2, 0.25) is 0 Å². The van der Waals surface area contributed by atoms with Gasteiger partial charge < -0.3 is 15.7 Å². The number of nitrogens with two attached hydrogens (primary N) is 1. The Hall–Kier alpha value is -3.04. The highest BCUT2D eigenvalue weighted by molar-refractivity contribution is 7.09. The van der Waals surface area contributed by atoms with E-state index >= 15 is 0 Å². The molecule has 9 heteroatoms. The zero-order valence-corrected chi connectivity index (χ0v) is 19.7. The first-order valence-corrected chi connectivity index (χ1v) is 12.1. The van der Waals surface area contributed by atoms with Crippen molar-refractivity contribution < 1.29 is 9.90 Å². The summed E-state index contributed by atoms with van der Waals surface area (Å²) in [6.07, 6.45) is 7.46. The number of thiazole rings is 1. The molecule has 1 unspecified atom stereocenters. The highest BCUT2D eigenvalue weighted by Crippen LogP contribution is 2.23. The molecule has 0 saturated carbocycles. The van der Waals surface area contributed by atoms with Crippen LogP contribution in [0.15, 0.2) is 34.6 Å². The number of piperidine rings is 1. The fourth-order valence-corrected chi connectivity index (χ4v) is 5.00. The molecule has 1 fully saturated rings. The zero-order chi connectivity index (χ0) is 23.5. The predicted octanol–water partition coefficient (Wildman–Crippen LogP) is 3.08. The van der Waals surface area contributed by atoms with Crippen LogP contribution in [0.5, 0.6) is 0 Å². The summed E-state index contributed by atoms with van der Waals surface area (Å²) in [5, 5.41) is 12.3. The van der Waals surface area contributed by atoms with E-state index in [1.165, 1.54) is 10.5 Å². The summed E-state index contributed by atoms with van der Waals surface area (Å²) in [7, 11) is 0. The second kappa shape index (κ2) is 9.84. The molecule has 0 radical (unpaired) electrons. The van der Waals surface area contributed by atoms with E-state index in [1.807, 2.05) is 17.0 Å². The molecule has 0 bridgehead atoms. The fraction of sp³-hybridized carbons (Fsp3) is 0.417. The normalized spacial score (nSPS) is 16.8. The van der Waals surface area contributed by atoms with E-state index in [0.717, 1.165) is 54.6 Å². The van der Waals surface area contributed by atoms with E-state index in [4.69, 9.17) is 20.8 Å². The molecule has 1 aliphatic heterocycles. The van der Waals surface area contributed by atoms with Crippen molar-refractivity contribution >= 4 is 34.8 Å². The Morgan fingerprint density at radius 2 is 2.18 bits per heavy atom. The van der Waals surface area contributed by atoms with Crippen molar-refractivity contribution in [2.45, 2.75) is 51.5 Å². The second-order valence-corrected chi connectivity index (χ2v) is 9.70. The summed E-state index contributed by atoms with van der Waals surface area (Å²) in [6, 6.07) is 3.83. The minimum Gasteiger partial charge on any atom is -0.478 e. The van der Waals surface area contributed by atoms with Crippen LogP contribution in [0.2, 0.25) is 0 Å². The highest BCUT2D eigenvalue weighted by Gasteiger charge is 2.22. The van der Waals surface area contributed by atoms with E-state index in [-0.39, 0.29) is 17.2 Å². The Morgan fingerprint density at radius 3 is 2.88 bits per heavy atom. The average Bonchev–Trinajstić information content (AvgIpc) is 3.26. The lowest BCUT2D eigenvalue weighted by molar-refractivity contribution is -0.131. The number of rotatable bonds is 7. The minimum absolute atomic E-state index is 0.00401. The Balaban J connectivity index is 1.68. The third-order valence-corrected chi connectivity index (χ3v) is 6.77. The SMILES string of the molecule is CC(C)c1csc(CCc2ccn3c(=O)c(/C=C/C(=O)O)c(N4CCCC(N)C4)nc3c2)n1. The van der Waals surface area contributed by atoms with Gasteiger partial charge in [-0.2, -0.15) is 0 Å². The summed E-state index contributed by atoms with van der Waals surface area (Å²) >= 11 is 1.68. The van der Waals surface area contributed by atoms with Gasteiger partial charge in [-0.1, -0.05) is 13.8 Å². The van der Waals surface area contributed by atoms with Crippen LogP contribution < -0.4 is 16.2 Å². The van der Waals surface area contributed by atoms with Gasteiger partial charge in [0.1, 0.15) is 11.5 Å². The molecule has 3 N–H and O–H groups in total. The van der Waals surface area contributed by atoms with Crippen LogP contribution in [0.3, 0.4) is 0 Å². The number of hydrogen-bond acceptors (Lipinski definition) is 7. The molecule has 174 valence electrons. The number of aryl methyl sites for hydroxylation is 2. The summed E-state index contributed by atoms with van der Waals surface area (Å²) in [5.74, 6) is -0.206. The lowest BCUT2D eigenvalue weighted by Crippen LogP contribution is -2.44. The number of pyridine rings is 1. The van der Waals surface area contributed by atoms with Crippen molar-refractivity contribution in [3.8, 4) is 0 Å². The maximum atomic E-state index is 13.3. The molecule has 0 amide bonds. The summed E-state index contributed by atoms with van der Waals surface area (Å²) < 4.78 is 1.47. The van der Waals surface area contributed by atoms with Crippen LogP contribution >= 0.6 is 11.3 Å². The Bertz CT molecular complexity index is 1250. The number of anilines is 1. The van der Waals surface area contributed by atoms with Crippen molar-refractivity contribution in [3.05, 3.63) is 62.0 Å². The quantitative estimate of drug-likeness (QED) is 0.513. The van der Waals surface area contributed by atoms with Gasteiger partial charge in [0, 0.05) is 43.2 Å². The van der Waals surface area contributed by atoms with Gasteiger partial charge in [0.05, 0.1) is 16.3 Å². The lowest BCUT2D eigenvalue weighted by Gasteiger charge is -2.32. The van der Waals surface area contributed by atoms with E-state index in [9.17, 15) is 9.59 Å². The smallest absolute Gasteiger partial charge is 0.328 e. The number of aromatic nitrogens is 3. The number of nitrogens with zero attached hydrogens (tertiary/aromatic N) is 4. The lowest BCUT2D eigenvalue weighted by atomic mass is 10.1. The van der Waals surface area contributed by atoms with Gasteiger partial charge in [0.25, 0.3) is 5.56 Å². The van der Waals surface area contributed by atoms with Crippen LogP contribution in [0.4, 0.5) is 5.82 Å². The average molecular weight is 468 g/mol. The van der Waals surface area contributed by atoms with Crippen LogP contribution in [0.1, 0.15) is 54.4 Å². The molecule has 33 heavy (non-hydrogen) atoms. The molecule has 1 atom stereocenters. The first-order valence-electron chi connectivity index (χ1n) is 11.2. The molecule has 8 nitrogen and oxygen atoms in total. The fourth-order valence-electron chi connectivity index (χ4n) is 4.04. The topological polar surface area (TPSA) is 114 Å². The van der Waals surface area contributed by atoms with E-state index in [1.54, 1.807) is 17.5 Å². The first kappa shape index (κ1) is 23.1.